The average Bonchev–Trinajstić information content (AvgIpc) is 3.22. The normalized spacial score (nSPS) is 13.9. The highest BCUT2D eigenvalue weighted by molar-refractivity contribution is 6.03. The number of H-pyrrole nitrogens is 1. The summed E-state index contributed by atoms with van der Waals surface area (Å²) < 4.78 is 1.68. The number of nitrogens with zero attached hydrogens (tertiary/aromatic N) is 2. The second-order valence-electron chi connectivity index (χ2n) is 6.59. The summed E-state index contributed by atoms with van der Waals surface area (Å²) in [4.78, 5) is 20.5. The third-order valence-corrected chi connectivity index (χ3v) is 5.04. The predicted molar refractivity (Wildman–Crippen MR) is 98.4 cm³/mol. The van der Waals surface area contributed by atoms with Crippen molar-refractivity contribution in [3.63, 3.8) is 0 Å². The van der Waals surface area contributed by atoms with Gasteiger partial charge in [0.15, 0.2) is 0 Å². The molecule has 2 heterocycles. The van der Waals surface area contributed by atoms with E-state index >= 15 is 0 Å². The Morgan fingerprint density at radius 1 is 1.12 bits per heavy atom. The number of aryl methyl sites for hydroxylation is 2. The van der Waals surface area contributed by atoms with Crippen molar-refractivity contribution in [2.24, 2.45) is 0 Å². The highest BCUT2D eigenvalue weighted by atomic mass is 16.2. The standard InChI is InChI=1S/C20H18N4O/c25-20(23-24-12-21-18-7-3-4-8-19(18)24)13-9-10-17-15(11-13)14-5-1-2-6-16(14)22-17/h3-4,7-12,22H,1-2,5-6H2,(H,23,25). The molecule has 25 heavy (non-hydrogen) atoms. The Morgan fingerprint density at radius 2 is 2.00 bits per heavy atom. The highest BCUT2D eigenvalue weighted by Crippen LogP contribution is 2.29. The van der Waals surface area contributed by atoms with Crippen LogP contribution in [0.3, 0.4) is 0 Å². The van der Waals surface area contributed by atoms with Gasteiger partial charge in [-0.1, -0.05) is 12.1 Å². The topological polar surface area (TPSA) is 62.7 Å². The van der Waals surface area contributed by atoms with Crippen LogP contribution < -0.4 is 5.43 Å². The number of aromatic amines is 1. The molecule has 5 heteroatoms. The largest absolute Gasteiger partial charge is 0.358 e. The fourth-order valence-corrected chi connectivity index (χ4v) is 3.77. The molecule has 5 nitrogen and oxygen atoms in total. The molecule has 0 aliphatic heterocycles. The van der Waals surface area contributed by atoms with Crippen LogP contribution in [-0.4, -0.2) is 20.6 Å². The molecular formula is C20H18N4O. The number of hydrogen-bond acceptors (Lipinski definition) is 2. The van der Waals surface area contributed by atoms with Gasteiger partial charge in [0.2, 0.25) is 0 Å². The lowest BCUT2D eigenvalue weighted by molar-refractivity contribution is 0.101. The second kappa shape index (κ2) is 5.48. The van der Waals surface area contributed by atoms with Crippen LogP contribution in [0.5, 0.6) is 0 Å². The second-order valence-corrected chi connectivity index (χ2v) is 6.59. The van der Waals surface area contributed by atoms with Gasteiger partial charge in [0.1, 0.15) is 6.33 Å². The van der Waals surface area contributed by atoms with E-state index in [9.17, 15) is 4.79 Å². The van der Waals surface area contributed by atoms with Gasteiger partial charge in [-0.15, -0.1) is 0 Å². The molecule has 0 fully saturated rings. The Balaban J connectivity index is 1.51. The van der Waals surface area contributed by atoms with Crippen molar-refractivity contribution in [1.82, 2.24) is 14.6 Å². The van der Waals surface area contributed by atoms with Gasteiger partial charge in [0.05, 0.1) is 11.0 Å². The van der Waals surface area contributed by atoms with Crippen LogP contribution in [0.25, 0.3) is 21.9 Å². The number of carbonyl (C=O) groups excluding carboxylic acids is 1. The first-order valence-electron chi connectivity index (χ1n) is 8.66. The first-order chi connectivity index (χ1) is 12.3. The molecule has 1 amide bonds. The van der Waals surface area contributed by atoms with E-state index in [1.807, 2.05) is 42.5 Å². The molecule has 1 aliphatic carbocycles. The summed E-state index contributed by atoms with van der Waals surface area (Å²) in [5.74, 6) is -0.129. The van der Waals surface area contributed by atoms with E-state index in [1.165, 1.54) is 29.5 Å². The van der Waals surface area contributed by atoms with Crippen molar-refractivity contribution in [2.75, 3.05) is 5.43 Å². The van der Waals surface area contributed by atoms with E-state index in [4.69, 9.17) is 0 Å². The zero-order valence-corrected chi connectivity index (χ0v) is 13.7. The number of fused-ring (bicyclic) bond motifs is 4. The van der Waals surface area contributed by atoms with E-state index in [1.54, 1.807) is 11.0 Å². The lowest BCUT2D eigenvalue weighted by Crippen LogP contribution is -2.21. The van der Waals surface area contributed by atoms with Gasteiger partial charge < -0.3 is 4.98 Å². The van der Waals surface area contributed by atoms with Gasteiger partial charge >= 0.3 is 0 Å². The number of aromatic nitrogens is 3. The van der Waals surface area contributed by atoms with Gasteiger partial charge in [-0.2, -0.15) is 0 Å². The van der Waals surface area contributed by atoms with Crippen LogP contribution in [0, 0.1) is 0 Å². The maximum atomic E-state index is 12.7. The monoisotopic (exact) mass is 330 g/mol. The van der Waals surface area contributed by atoms with Crippen LogP contribution in [0.15, 0.2) is 48.8 Å². The number of amides is 1. The molecule has 0 saturated heterocycles. The van der Waals surface area contributed by atoms with Crippen LogP contribution >= 0.6 is 0 Å². The molecule has 2 aromatic carbocycles. The lowest BCUT2D eigenvalue weighted by atomic mass is 9.95. The number of rotatable bonds is 2. The van der Waals surface area contributed by atoms with E-state index in [-0.39, 0.29) is 5.91 Å². The van der Waals surface area contributed by atoms with Crippen molar-refractivity contribution in [2.45, 2.75) is 25.7 Å². The first kappa shape index (κ1) is 14.3. The summed E-state index contributed by atoms with van der Waals surface area (Å²) in [6, 6.07) is 13.6. The summed E-state index contributed by atoms with van der Waals surface area (Å²) in [6.07, 6.45) is 6.29. The number of imidazole rings is 1. The van der Waals surface area contributed by atoms with Crippen LogP contribution in [0.1, 0.15) is 34.5 Å². The van der Waals surface area contributed by atoms with E-state index in [2.05, 4.69) is 15.4 Å². The third-order valence-electron chi connectivity index (χ3n) is 5.04. The number of benzene rings is 2. The molecule has 2 aromatic heterocycles. The Labute approximate surface area is 144 Å². The number of hydrogen-bond donors (Lipinski definition) is 2. The molecule has 5 rings (SSSR count). The molecule has 0 spiro atoms. The lowest BCUT2D eigenvalue weighted by Gasteiger charge is -2.11. The fourth-order valence-electron chi connectivity index (χ4n) is 3.77. The zero-order chi connectivity index (χ0) is 16.8. The minimum atomic E-state index is -0.129. The summed E-state index contributed by atoms with van der Waals surface area (Å²) in [6.45, 7) is 0. The molecule has 0 unspecified atom stereocenters. The van der Waals surface area contributed by atoms with Crippen molar-refractivity contribution in [1.29, 1.82) is 0 Å². The molecule has 4 aromatic rings. The van der Waals surface area contributed by atoms with Gasteiger partial charge in [-0.3, -0.25) is 10.2 Å². The molecule has 0 bridgehead atoms. The highest BCUT2D eigenvalue weighted by Gasteiger charge is 2.17. The van der Waals surface area contributed by atoms with Gasteiger partial charge in [-0.05, 0) is 61.6 Å². The van der Waals surface area contributed by atoms with Gasteiger partial charge in [-0.25, -0.2) is 9.66 Å². The fraction of sp³-hybridized carbons (Fsp3) is 0.200. The van der Waals surface area contributed by atoms with Crippen LogP contribution in [0.4, 0.5) is 0 Å². The SMILES string of the molecule is O=C(Nn1cnc2ccccc21)c1ccc2[nH]c3c(c2c1)CCCC3. The summed E-state index contributed by atoms with van der Waals surface area (Å²) in [7, 11) is 0. The number of para-hydroxylation sites is 2. The molecule has 124 valence electrons. The Kier molecular flexibility index (Phi) is 3.13. The smallest absolute Gasteiger partial charge is 0.270 e. The Hall–Kier alpha value is -3.08. The van der Waals surface area contributed by atoms with Crippen molar-refractivity contribution in [3.8, 4) is 0 Å². The minimum absolute atomic E-state index is 0.129. The predicted octanol–water partition coefficient (Wildman–Crippen LogP) is 3.78. The average molecular weight is 330 g/mol. The summed E-state index contributed by atoms with van der Waals surface area (Å²) >= 11 is 0. The molecule has 0 atom stereocenters. The Bertz CT molecular complexity index is 1110. The van der Waals surface area contributed by atoms with E-state index in [0.29, 0.717) is 5.56 Å². The number of nitrogens with one attached hydrogen (secondary N) is 2. The van der Waals surface area contributed by atoms with E-state index in [0.717, 1.165) is 29.4 Å². The van der Waals surface area contributed by atoms with Crippen molar-refractivity contribution in [3.05, 3.63) is 65.6 Å². The molecular weight excluding hydrogens is 312 g/mol. The molecule has 0 radical (unpaired) electrons. The zero-order valence-electron chi connectivity index (χ0n) is 13.7. The summed E-state index contributed by atoms with van der Waals surface area (Å²) in [5.41, 5.74) is 9.17. The molecule has 1 aliphatic rings. The maximum Gasteiger partial charge on any atom is 0.270 e. The third kappa shape index (κ3) is 2.31. The minimum Gasteiger partial charge on any atom is -0.358 e. The van der Waals surface area contributed by atoms with Gasteiger partial charge in [0.25, 0.3) is 5.91 Å². The van der Waals surface area contributed by atoms with Gasteiger partial charge in [0, 0.05) is 22.2 Å². The molecule has 0 saturated carbocycles. The van der Waals surface area contributed by atoms with Crippen LogP contribution in [0.2, 0.25) is 0 Å². The van der Waals surface area contributed by atoms with Crippen molar-refractivity contribution >= 4 is 27.8 Å². The summed E-state index contributed by atoms with van der Waals surface area (Å²) in [5, 5.41) is 1.18. The van der Waals surface area contributed by atoms with E-state index < -0.39 is 0 Å². The van der Waals surface area contributed by atoms with Crippen molar-refractivity contribution < 1.29 is 4.79 Å². The number of carbonyl (C=O) groups is 1. The Morgan fingerprint density at radius 3 is 2.96 bits per heavy atom. The van der Waals surface area contributed by atoms with Crippen LogP contribution in [-0.2, 0) is 12.8 Å². The first-order valence-corrected chi connectivity index (χ1v) is 8.66. The molecule has 2 N–H and O–H groups in total. The maximum absolute atomic E-state index is 12.7. The quantitative estimate of drug-likeness (QED) is 0.587.